The van der Waals surface area contributed by atoms with E-state index < -0.39 is 0 Å². The first-order valence-electron chi connectivity index (χ1n) is 48.5. The van der Waals surface area contributed by atoms with Crippen LogP contribution in [0.15, 0.2) is 516 Å². The van der Waals surface area contributed by atoms with E-state index in [1.165, 1.54) is 213 Å². The van der Waals surface area contributed by atoms with Crippen LogP contribution in [0.4, 0.5) is 51.2 Å². The molecule has 0 unspecified atom stereocenters. The molecule has 0 N–H and O–H groups in total. The molecule has 0 amide bonds. The Bertz CT molecular complexity index is 9380. The van der Waals surface area contributed by atoms with Crippen LogP contribution in [0.25, 0.3) is 191 Å². The molecule has 28 rings (SSSR count). The first kappa shape index (κ1) is 85.5. The molecule has 142 heavy (non-hydrogen) atoms. The molecule has 0 bridgehead atoms. The van der Waals surface area contributed by atoms with E-state index in [0.29, 0.717) is 0 Å². The molecule has 0 atom stereocenters. The van der Waals surface area contributed by atoms with Crippen LogP contribution in [0.2, 0.25) is 0 Å². The van der Waals surface area contributed by atoms with Gasteiger partial charge in [0.2, 0.25) is 0 Å². The van der Waals surface area contributed by atoms with E-state index in [1.54, 1.807) is 0 Å². The van der Waals surface area contributed by atoms with Gasteiger partial charge in [-0.25, -0.2) is 0 Å². The summed E-state index contributed by atoms with van der Waals surface area (Å²) >= 11 is 7.57. The molecule has 1 aliphatic carbocycles. The third-order valence-electron chi connectivity index (χ3n) is 28.6. The van der Waals surface area contributed by atoms with E-state index in [4.69, 9.17) is 0 Å². The van der Waals surface area contributed by atoms with Gasteiger partial charge in [-0.15, -0.1) is 45.3 Å². The van der Waals surface area contributed by atoms with Crippen molar-refractivity contribution in [3.8, 4) is 77.9 Å². The maximum Gasteiger partial charge on any atom is 0.0640 e. The Morgan fingerprint density at radius 3 is 0.831 bits per heavy atom. The van der Waals surface area contributed by atoms with Crippen LogP contribution in [-0.2, 0) is 5.41 Å². The van der Waals surface area contributed by atoms with Crippen LogP contribution in [0.1, 0.15) is 25.0 Å². The van der Waals surface area contributed by atoms with Crippen molar-refractivity contribution in [2.24, 2.45) is 0 Å². The molecule has 0 radical (unpaired) electrons. The van der Waals surface area contributed by atoms with Gasteiger partial charge in [0.1, 0.15) is 0 Å². The minimum atomic E-state index is -0.0824. The predicted molar refractivity (Wildman–Crippen MR) is 618 cm³/mol. The number of anilines is 9. The Morgan fingerprint density at radius 1 is 0.162 bits per heavy atom. The van der Waals surface area contributed by atoms with Gasteiger partial charge >= 0.3 is 0 Å². The van der Waals surface area contributed by atoms with Crippen LogP contribution < -0.4 is 14.7 Å². The van der Waals surface area contributed by atoms with Crippen LogP contribution in [0.3, 0.4) is 0 Å². The predicted octanol–water partition coefficient (Wildman–Crippen LogP) is 40.7. The molecule has 0 fully saturated rings. The molecule has 4 aromatic heterocycles. The van der Waals surface area contributed by atoms with E-state index in [1.807, 2.05) is 45.3 Å². The zero-order valence-electron chi connectivity index (χ0n) is 78.0. The van der Waals surface area contributed by atoms with Crippen LogP contribution in [0, 0.1) is 0 Å². The zero-order valence-corrected chi connectivity index (χ0v) is 81.3. The summed E-state index contributed by atoms with van der Waals surface area (Å²) in [7, 11) is 0. The van der Waals surface area contributed by atoms with E-state index in [0.717, 1.165) is 39.8 Å². The third-order valence-corrected chi connectivity index (χ3v) is 33.5. The van der Waals surface area contributed by atoms with Gasteiger partial charge in [0.15, 0.2) is 0 Å². The normalized spacial score (nSPS) is 12.1. The summed E-state index contributed by atoms with van der Waals surface area (Å²) in [6, 6.07) is 188. The molecule has 23 aromatic carbocycles. The minimum absolute atomic E-state index is 0.0824. The smallest absolute Gasteiger partial charge is 0.0640 e. The van der Waals surface area contributed by atoms with Crippen LogP contribution in [0.5, 0.6) is 0 Å². The van der Waals surface area contributed by atoms with E-state index in [9.17, 15) is 0 Å². The molecular weight excluding hydrogens is 1790 g/mol. The lowest BCUT2D eigenvalue weighted by Crippen LogP contribution is -2.16. The number of benzene rings is 23. The van der Waals surface area contributed by atoms with Crippen LogP contribution in [-0.4, -0.2) is 0 Å². The maximum atomic E-state index is 2.48. The average Bonchev–Trinajstić information content (AvgIpc) is 1.58. The number of rotatable bonds is 15. The van der Waals surface area contributed by atoms with Crippen molar-refractivity contribution in [2.45, 2.75) is 19.3 Å². The molecular formula is C135H91N3S4. The Balaban J connectivity index is 0.000000109. The summed E-state index contributed by atoms with van der Waals surface area (Å²) in [5, 5.41) is 18.3. The second-order valence-corrected chi connectivity index (χ2v) is 41.4. The molecule has 0 aliphatic heterocycles. The van der Waals surface area contributed by atoms with E-state index in [2.05, 4.69) is 544 Å². The van der Waals surface area contributed by atoms with Gasteiger partial charge in [0, 0.05) is 137 Å². The van der Waals surface area contributed by atoms with Gasteiger partial charge in [-0.3, -0.25) is 0 Å². The molecule has 7 heteroatoms. The van der Waals surface area contributed by atoms with Crippen molar-refractivity contribution in [1.29, 1.82) is 0 Å². The fourth-order valence-electron chi connectivity index (χ4n) is 21.7. The number of hydrogen-bond donors (Lipinski definition) is 0. The van der Waals surface area contributed by atoms with Crippen molar-refractivity contribution in [2.75, 3.05) is 14.7 Å². The second-order valence-electron chi connectivity index (χ2n) is 37.2. The van der Waals surface area contributed by atoms with Crippen molar-refractivity contribution < 1.29 is 0 Å². The summed E-state index contributed by atoms with van der Waals surface area (Å²) in [6.07, 6.45) is 0. The molecule has 27 aromatic rings. The average molecular weight is 1880 g/mol. The number of hydrogen-bond acceptors (Lipinski definition) is 7. The fraction of sp³-hybridized carbons (Fsp3) is 0.0222. The monoisotopic (exact) mass is 1880 g/mol. The highest BCUT2D eigenvalue weighted by Crippen LogP contribution is 2.55. The number of nitrogens with zero attached hydrogens (tertiary/aromatic N) is 3. The summed E-state index contributed by atoms with van der Waals surface area (Å²) in [6.45, 7) is 4.71. The zero-order chi connectivity index (χ0) is 94.3. The molecule has 1 aliphatic rings. The number of thiophene rings is 4. The topological polar surface area (TPSA) is 9.72 Å². The fourth-order valence-corrected chi connectivity index (χ4v) is 26.7. The van der Waals surface area contributed by atoms with Gasteiger partial charge in [0.05, 0.1) is 16.1 Å². The van der Waals surface area contributed by atoms with Crippen molar-refractivity contribution >= 4 is 210 Å². The maximum absolute atomic E-state index is 2.48. The highest BCUT2D eigenvalue weighted by molar-refractivity contribution is 7.28. The Labute approximate surface area is 841 Å². The lowest BCUT2D eigenvalue weighted by atomic mass is 9.82. The lowest BCUT2D eigenvalue weighted by Gasteiger charge is -2.28. The standard InChI is InChI=1S/C49H35NS.C46H31NS.C40H25NS2/c1-49(2)44-17-8-6-14-40(44)41-30-28-38(31-45(41)49)50(36-24-19-33(20-25-36)32-11-4-3-5-12-32)37-26-21-34(22-27-37)39-16-10-13-35-23-29-43-42-15-7-9-18-46(42)51-48(43)47(35)39;1-3-10-32(11-4-1)34-18-25-38(26-19-34)47(39-27-20-35(21-28-39)33-12-5-2-6-13-33)40-29-22-36(23-30-40)41-16-9-14-37-24-31-43-42-15-7-8-17-44(42)48-46(43)45(37)41;1-2-10-26(11-3-1)27-20-23-29(24-21-27)41(35-17-9-15-32-30-13-4-6-18-36(30)42-39(32)35)34-16-8-12-28-22-25-33-31-14-5-7-19-37(31)43-40(33)38(28)34/h3-31H,1-2H3;1-31H;1-25H. The van der Waals surface area contributed by atoms with E-state index in [-0.39, 0.29) is 5.41 Å². The highest BCUT2D eigenvalue weighted by atomic mass is 32.1. The van der Waals surface area contributed by atoms with Gasteiger partial charge in [-0.2, -0.15) is 0 Å². The van der Waals surface area contributed by atoms with Gasteiger partial charge in [0.25, 0.3) is 0 Å². The summed E-state index contributed by atoms with van der Waals surface area (Å²) in [5.41, 5.74) is 30.4. The summed E-state index contributed by atoms with van der Waals surface area (Å²) < 4.78 is 10.7. The summed E-state index contributed by atoms with van der Waals surface area (Å²) in [4.78, 5) is 7.24. The van der Waals surface area contributed by atoms with Crippen molar-refractivity contribution in [3.05, 3.63) is 527 Å². The number of fused-ring (bicyclic) bond motifs is 21. The quantitative estimate of drug-likeness (QED) is 0.101. The Morgan fingerprint density at radius 2 is 0.430 bits per heavy atom. The van der Waals surface area contributed by atoms with Gasteiger partial charge < -0.3 is 14.7 Å². The largest absolute Gasteiger partial charge is 0.311 e. The SMILES string of the molecule is CC1(C)c2ccccc2-c2ccc(N(c3ccc(-c4ccccc4)cc3)c3ccc(-c4cccc5ccc6c7ccccc7sc6c45)cc3)cc21.c1ccc(-c2ccc(N(c3ccc(-c4ccccc4)cc3)c3ccc(-c4cccc5ccc6c7ccccc7sc6c45)cc3)cc2)cc1.c1ccc(-c2ccc(N(c3cccc4c3sc3ccccc34)c3cccc4ccc5c6ccccc6sc5c34)cc2)cc1. The van der Waals surface area contributed by atoms with Crippen molar-refractivity contribution in [1.82, 2.24) is 0 Å². The molecule has 670 valence electrons. The van der Waals surface area contributed by atoms with Crippen molar-refractivity contribution in [3.63, 3.8) is 0 Å². The minimum Gasteiger partial charge on any atom is -0.311 e. The molecule has 0 saturated carbocycles. The highest BCUT2D eigenvalue weighted by Gasteiger charge is 2.36. The third kappa shape index (κ3) is 15.3. The molecule has 0 saturated heterocycles. The molecule has 3 nitrogen and oxygen atoms in total. The van der Waals surface area contributed by atoms with Gasteiger partial charge in [-0.1, -0.05) is 408 Å². The first-order chi connectivity index (χ1) is 70.2. The second kappa shape index (κ2) is 36.2. The Kier molecular flexibility index (Phi) is 21.8. The Hall–Kier alpha value is -16.9. The van der Waals surface area contributed by atoms with Gasteiger partial charge in [-0.05, 0) is 227 Å². The van der Waals surface area contributed by atoms with E-state index >= 15 is 0 Å². The van der Waals surface area contributed by atoms with Crippen LogP contribution >= 0.6 is 45.3 Å². The summed E-state index contributed by atoms with van der Waals surface area (Å²) in [5.74, 6) is 0. The first-order valence-corrected chi connectivity index (χ1v) is 51.8. The molecule has 0 spiro atoms. The molecule has 4 heterocycles. The lowest BCUT2D eigenvalue weighted by molar-refractivity contribution is 0.660.